The number of furan rings is 1. The third kappa shape index (κ3) is 2.16. The van der Waals surface area contributed by atoms with Crippen molar-refractivity contribution in [1.82, 2.24) is 0 Å². The molecule has 0 fully saturated rings. The number of benzene rings is 2. The van der Waals surface area contributed by atoms with Crippen LogP contribution in [0.25, 0.3) is 11.1 Å². The van der Waals surface area contributed by atoms with Crippen molar-refractivity contribution >= 4 is 5.78 Å². The summed E-state index contributed by atoms with van der Waals surface area (Å²) in [5.74, 6) is 0.647. The molecular formula is C18H14O2. The van der Waals surface area contributed by atoms with Crippen molar-refractivity contribution in [1.29, 1.82) is 0 Å². The van der Waals surface area contributed by atoms with E-state index in [1.165, 1.54) is 0 Å². The van der Waals surface area contributed by atoms with E-state index in [1.54, 1.807) is 6.26 Å². The zero-order chi connectivity index (χ0) is 13.9. The summed E-state index contributed by atoms with van der Waals surface area (Å²) in [5, 5.41) is 0. The molecule has 0 radical (unpaired) electrons. The number of carbonyl (C=O) groups is 1. The highest BCUT2D eigenvalue weighted by Gasteiger charge is 2.20. The zero-order valence-electron chi connectivity index (χ0n) is 11.2. The fourth-order valence-electron chi connectivity index (χ4n) is 2.30. The van der Waals surface area contributed by atoms with Gasteiger partial charge >= 0.3 is 0 Å². The average Bonchev–Trinajstić information content (AvgIpc) is 2.90. The SMILES string of the molecule is Cc1occ(-c2ccccc2)c1C(=O)c1ccccc1. The molecule has 3 rings (SSSR count). The Morgan fingerprint density at radius 1 is 0.900 bits per heavy atom. The van der Waals surface area contributed by atoms with Gasteiger partial charge in [-0.1, -0.05) is 60.7 Å². The van der Waals surface area contributed by atoms with E-state index in [0.717, 1.165) is 11.1 Å². The maximum absolute atomic E-state index is 12.7. The first-order valence-corrected chi connectivity index (χ1v) is 6.50. The molecule has 0 unspecified atom stereocenters. The molecule has 2 nitrogen and oxygen atoms in total. The van der Waals surface area contributed by atoms with Gasteiger partial charge in [0.05, 0.1) is 11.8 Å². The summed E-state index contributed by atoms with van der Waals surface area (Å²) < 4.78 is 5.47. The number of ketones is 1. The van der Waals surface area contributed by atoms with Gasteiger partial charge in [0, 0.05) is 11.1 Å². The predicted octanol–water partition coefficient (Wildman–Crippen LogP) is 4.49. The average molecular weight is 262 g/mol. The molecule has 0 aliphatic heterocycles. The minimum atomic E-state index is -0.00398. The number of aryl methyl sites for hydroxylation is 1. The Labute approximate surface area is 117 Å². The van der Waals surface area contributed by atoms with E-state index in [4.69, 9.17) is 4.42 Å². The highest BCUT2D eigenvalue weighted by molar-refractivity contribution is 6.13. The smallest absolute Gasteiger partial charge is 0.197 e. The van der Waals surface area contributed by atoms with Crippen LogP contribution in [0.15, 0.2) is 71.3 Å². The van der Waals surface area contributed by atoms with Crippen molar-refractivity contribution in [2.75, 3.05) is 0 Å². The van der Waals surface area contributed by atoms with Crippen LogP contribution in [-0.2, 0) is 0 Å². The van der Waals surface area contributed by atoms with Crippen LogP contribution in [0.1, 0.15) is 21.7 Å². The van der Waals surface area contributed by atoms with Crippen LogP contribution in [0.3, 0.4) is 0 Å². The zero-order valence-corrected chi connectivity index (χ0v) is 11.2. The highest BCUT2D eigenvalue weighted by Crippen LogP contribution is 2.29. The van der Waals surface area contributed by atoms with Crippen molar-refractivity contribution in [3.63, 3.8) is 0 Å². The molecule has 3 aromatic rings. The summed E-state index contributed by atoms with van der Waals surface area (Å²) in [4.78, 5) is 12.7. The molecule has 98 valence electrons. The van der Waals surface area contributed by atoms with E-state index in [9.17, 15) is 4.79 Å². The largest absolute Gasteiger partial charge is 0.468 e. The monoisotopic (exact) mass is 262 g/mol. The van der Waals surface area contributed by atoms with Crippen molar-refractivity contribution in [2.45, 2.75) is 6.92 Å². The number of hydrogen-bond acceptors (Lipinski definition) is 2. The summed E-state index contributed by atoms with van der Waals surface area (Å²) in [6, 6.07) is 19.1. The number of hydrogen-bond donors (Lipinski definition) is 0. The molecule has 0 N–H and O–H groups in total. The van der Waals surface area contributed by atoms with Gasteiger partial charge in [-0.2, -0.15) is 0 Å². The minimum Gasteiger partial charge on any atom is -0.468 e. The Morgan fingerprint density at radius 3 is 2.15 bits per heavy atom. The van der Waals surface area contributed by atoms with Gasteiger partial charge in [-0.05, 0) is 12.5 Å². The van der Waals surface area contributed by atoms with E-state index in [2.05, 4.69) is 0 Å². The normalized spacial score (nSPS) is 10.4. The lowest BCUT2D eigenvalue weighted by molar-refractivity contribution is 0.103. The van der Waals surface area contributed by atoms with Crippen LogP contribution >= 0.6 is 0 Å². The van der Waals surface area contributed by atoms with Crippen LogP contribution in [-0.4, -0.2) is 5.78 Å². The first-order valence-electron chi connectivity index (χ1n) is 6.50. The van der Waals surface area contributed by atoms with Crippen LogP contribution in [0, 0.1) is 6.92 Å². The van der Waals surface area contributed by atoms with Gasteiger partial charge < -0.3 is 4.42 Å². The van der Waals surface area contributed by atoms with Gasteiger partial charge in [-0.3, -0.25) is 4.79 Å². The Hall–Kier alpha value is -2.61. The third-order valence-electron chi connectivity index (χ3n) is 3.32. The third-order valence-corrected chi connectivity index (χ3v) is 3.32. The summed E-state index contributed by atoms with van der Waals surface area (Å²) in [5.41, 5.74) is 3.15. The van der Waals surface area contributed by atoms with Gasteiger partial charge in [0.2, 0.25) is 0 Å². The Bertz CT molecular complexity index is 725. The molecule has 0 saturated carbocycles. The van der Waals surface area contributed by atoms with E-state index in [-0.39, 0.29) is 5.78 Å². The Balaban J connectivity index is 2.11. The first kappa shape index (κ1) is 12.4. The Kier molecular flexibility index (Phi) is 3.21. The van der Waals surface area contributed by atoms with Crippen LogP contribution < -0.4 is 0 Å². The van der Waals surface area contributed by atoms with Crippen molar-refractivity contribution in [3.05, 3.63) is 83.8 Å². The molecule has 0 spiro atoms. The maximum atomic E-state index is 12.7. The molecule has 0 amide bonds. The Morgan fingerprint density at radius 2 is 1.50 bits per heavy atom. The summed E-state index contributed by atoms with van der Waals surface area (Å²) >= 11 is 0. The molecular weight excluding hydrogens is 248 g/mol. The molecule has 2 heteroatoms. The van der Waals surface area contributed by atoms with E-state index in [0.29, 0.717) is 16.9 Å². The second-order valence-electron chi connectivity index (χ2n) is 4.64. The second-order valence-corrected chi connectivity index (χ2v) is 4.64. The predicted molar refractivity (Wildman–Crippen MR) is 78.8 cm³/mol. The molecule has 0 atom stereocenters. The lowest BCUT2D eigenvalue weighted by atomic mass is 9.96. The van der Waals surface area contributed by atoms with Gasteiger partial charge in [0.25, 0.3) is 0 Å². The van der Waals surface area contributed by atoms with Crippen molar-refractivity contribution in [2.24, 2.45) is 0 Å². The molecule has 0 aliphatic rings. The lowest BCUT2D eigenvalue weighted by Crippen LogP contribution is -2.03. The van der Waals surface area contributed by atoms with Crippen LogP contribution in [0.4, 0.5) is 0 Å². The lowest BCUT2D eigenvalue weighted by Gasteiger charge is -2.04. The van der Waals surface area contributed by atoms with Crippen LogP contribution in [0.2, 0.25) is 0 Å². The minimum absolute atomic E-state index is 0.00398. The van der Waals surface area contributed by atoms with Gasteiger partial charge in [-0.15, -0.1) is 0 Å². The highest BCUT2D eigenvalue weighted by atomic mass is 16.3. The summed E-state index contributed by atoms with van der Waals surface area (Å²) in [6.07, 6.45) is 1.65. The molecule has 2 aromatic carbocycles. The van der Waals surface area contributed by atoms with Gasteiger partial charge in [0.1, 0.15) is 5.76 Å². The van der Waals surface area contributed by atoms with E-state index in [1.807, 2.05) is 67.6 Å². The van der Waals surface area contributed by atoms with Crippen molar-refractivity contribution < 1.29 is 9.21 Å². The summed E-state index contributed by atoms with van der Waals surface area (Å²) in [7, 11) is 0. The summed E-state index contributed by atoms with van der Waals surface area (Å²) in [6.45, 7) is 1.82. The maximum Gasteiger partial charge on any atom is 0.197 e. The molecule has 0 saturated heterocycles. The molecule has 20 heavy (non-hydrogen) atoms. The van der Waals surface area contributed by atoms with E-state index >= 15 is 0 Å². The fraction of sp³-hybridized carbons (Fsp3) is 0.0556. The number of rotatable bonds is 3. The number of carbonyl (C=O) groups excluding carboxylic acids is 1. The molecule has 1 heterocycles. The standard InChI is InChI=1S/C18H14O2/c1-13-17(18(19)15-10-6-3-7-11-15)16(12-20-13)14-8-4-2-5-9-14/h2-12H,1H3. The quantitative estimate of drug-likeness (QED) is 0.651. The van der Waals surface area contributed by atoms with Crippen LogP contribution in [0.5, 0.6) is 0 Å². The van der Waals surface area contributed by atoms with Gasteiger partial charge in [-0.25, -0.2) is 0 Å². The fourth-order valence-corrected chi connectivity index (χ4v) is 2.30. The van der Waals surface area contributed by atoms with E-state index < -0.39 is 0 Å². The molecule has 1 aromatic heterocycles. The second kappa shape index (κ2) is 5.17. The first-order chi connectivity index (χ1) is 9.77. The molecule has 0 bridgehead atoms. The van der Waals surface area contributed by atoms with Gasteiger partial charge in [0.15, 0.2) is 5.78 Å². The van der Waals surface area contributed by atoms with Crippen molar-refractivity contribution in [3.8, 4) is 11.1 Å². The molecule has 0 aliphatic carbocycles. The topological polar surface area (TPSA) is 30.2 Å².